The first-order valence-corrected chi connectivity index (χ1v) is 9.36. The molecular weight excluding hydrogens is 372 g/mol. The van der Waals surface area contributed by atoms with Gasteiger partial charge in [0.2, 0.25) is 0 Å². The minimum Gasteiger partial charge on any atom is -0.459 e. The van der Waals surface area contributed by atoms with E-state index in [9.17, 15) is 9.59 Å². The molecule has 0 aliphatic heterocycles. The van der Waals surface area contributed by atoms with Gasteiger partial charge in [-0.05, 0) is 31.2 Å². The summed E-state index contributed by atoms with van der Waals surface area (Å²) in [4.78, 5) is 28.3. The van der Waals surface area contributed by atoms with Crippen LogP contribution in [0.1, 0.15) is 31.0 Å². The molecule has 1 amide bonds. The second-order valence-electron chi connectivity index (χ2n) is 6.71. The van der Waals surface area contributed by atoms with Gasteiger partial charge in [-0.2, -0.15) is 0 Å². The van der Waals surface area contributed by atoms with E-state index in [4.69, 9.17) is 13.6 Å². The van der Waals surface area contributed by atoms with Crippen molar-refractivity contribution in [3.63, 3.8) is 0 Å². The molecule has 4 aromatic rings. The number of esters is 1. The number of para-hydroxylation sites is 3. The third-order valence-electron chi connectivity index (χ3n) is 4.49. The number of furan rings is 1. The molecule has 148 valence electrons. The van der Waals surface area contributed by atoms with E-state index in [0.717, 1.165) is 16.5 Å². The summed E-state index contributed by atoms with van der Waals surface area (Å²) < 4.78 is 16.3. The topological polar surface area (TPSA) is 94.6 Å². The van der Waals surface area contributed by atoms with Crippen molar-refractivity contribution in [3.8, 4) is 0 Å². The number of oxazole rings is 1. The van der Waals surface area contributed by atoms with E-state index in [0.29, 0.717) is 23.7 Å². The fourth-order valence-electron chi connectivity index (χ4n) is 3.02. The van der Waals surface area contributed by atoms with Crippen LogP contribution < -0.4 is 5.32 Å². The molecule has 0 saturated heterocycles. The predicted molar refractivity (Wildman–Crippen MR) is 106 cm³/mol. The van der Waals surface area contributed by atoms with E-state index in [1.54, 1.807) is 0 Å². The smallest absolute Gasteiger partial charge is 0.306 e. The third kappa shape index (κ3) is 4.45. The number of carbonyl (C=O) groups excluding carboxylic acids is 2. The van der Waals surface area contributed by atoms with E-state index in [1.165, 1.54) is 0 Å². The second kappa shape index (κ2) is 8.18. The Kier molecular flexibility index (Phi) is 5.29. The first-order chi connectivity index (χ1) is 14.1. The van der Waals surface area contributed by atoms with Crippen molar-refractivity contribution in [2.24, 2.45) is 0 Å². The number of benzene rings is 2. The summed E-state index contributed by atoms with van der Waals surface area (Å²) >= 11 is 0. The molecule has 0 unspecified atom stereocenters. The van der Waals surface area contributed by atoms with Crippen LogP contribution in [0.15, 0.2) is 63.4 Å². The number of fused-ring (bicyclic) bond motifs is 2. The number of nitrogens with one attached hydrogen (secondary N) is 1. The minimum atomic E-state index is -0.487. The summed E-state index contributed by atoms with van der Waals surface area (Å²) in [5, 5.41) is 3.73. The van der Waals surface area contributed by atoms with E-state index in [-0.39, 0.29) is 19.1 Å². The van der Waals surface area contributed by atoms with Crippen LogP contribution in [0.25, 0.3) is 22.1 Å². The number of nitrogens with zero attached hydrogens (tertiary/aromatic N) is 1. The van der Waals surface area contributed by atoms with Crippen LogP contribution in [0.5, 0.6) is 0 Å². The van der Waals surface area contributed by atoms with Crippen molar-refractivity contribution in [2.45, 2.75) is 25.8 Å². The fourth-order valence-corrected chi connectivity index (χ4v) is 3.02. The Morgan fingerprint density at radius 3 is 2.62 bits per heavy atom. The second-order valence-corrected chi connectivity index (χ2v) is 6.71. The Balaban J connectivity index is 1.23. The SMILES string of the molecule is C[C@H](NC(=O)COC(=O)CCc1nc2ccccc2o1)c1cc2ccccc2o1. The zero-order valence-corrected chi connectivity index (χ0v) is 15.9. The van der Waals surface area contributed by atoms with Crippen LogP contribution in [-0.4, -0.2) is 23.5 Å². The Bertz CT molecular complexity index is 1090. The molecule has 2 aromatic carbocycles. The minimum absolute atomic E-state index is 0.0826. The summed E-state index contributed by atoms with van der Waals surface area (Å²) in [6, 6.07) is 16.5. The predicted octanol–water partition coefficient (Wildman–Crippen LogP) is 3.93. The lowest BCUT2D eigenvalue weighted by Gasteiger charge is -2.11. The Morgan fingerprint density at radius 1 is 1.07 bits per heavy atom. The Labute approximate surface area is 166 Å². The molecule has 0 bridgehead atoms. The molecule has 2 heterocycles. The summed E-state index contributed by atoms with van der Waals surface area (Å²) in [7, 11) is 0. The molecule has 0 radical (unpaired) electrons. The highest BCUT2D eigenvalue weighted by atomic mass is 16.5. The fraction of sp³-hybridized carbons (Fsp3) is 0.227. The van der Waals surface area contributed by atoms with E-state index in [2.05, 4.69) is 10.3 Å². The lowest BCUT2D eigenvalue weighted by Crippen LogP contribution is -2.31. The van der Waals surface area contributed by atoms with E-state index in [1.807, 2.05) is 61.5 Å². The molecule has 2 aromatic heterocycles. The molecule has 0 spiro atoms. The van der Waals surface area contributed by atoms with Gasteiger partial charge in [0.15, 0.2) is 18.1 Å². The van der Waals surface area contributed by atoms with Crippen LogP contribution in [-0.2, 0) is 20.7 Å². The zero-order valence-electron chi connectivity index (χ0n) is 15.9. The van der Waals surface area contributed by atoms with Gasteiger partial charge in [0.1, 0.15) is 16.9 Å². The van der Waals surface area contributed by atoms with E-state index < -0.39 is 11.9 Å². The first kappa shape index (κ1) is 18.7. The summed E-state index contributed by atoms with van der Waals surface area (Å²) in [6.07, 6.45) is 0.393. The molecular formula is C22H20N2O5. The van der Waals surface area contributed by atoms with Gasteiger partial charge >= 0.3 is 5.97 Å². The molecule has 0 saturated carbocycles. The molecule has 7 heteroatoms. The Hall–Kier alpha value is -3.61. The van der Waals surface area contributed by atoms with Gasteiger partial charge in [0.25, 0.3) is 5.91 Å². The molecule has 4 rings (SSSR count). The van der Waals surface area contributed by atoms with Gasteiger partial charge in [-0.15, -0.1) is 0 Å². The molecule has 29 heavy (non-hydrogen) atoms. The van der Waals surface area contributed by atoms with Gasteiger partial charge in [0.05, 0.1) is 12.5 Å². The number of hydrogen-bond acceptors (Lipinski definition) is 6. The maximum Gasteiger partial charge on any atom is 0.306 e. The highest BCUT2D eigenvalue weighted by Crippen LogP contribution is 2.23. The number of aromatic nitrogens is 1. The quantitative estimate of drug-likeness (QED) is 0.479. The number of amides is 1. The largest absolute Gasteiger partial charge is 0.459 e. The van der Waals surface area contributed by atoms with Crippen LogP contribution >= 0.6 is 0 Å². The Morgan fingerprint density at radius 2 is 1.83 bits per heavy atom. The van der Waals surface area contributed by atoms with Crippen molar-refractivity contribution in [2.75, 3.05) is 6.61 Å². The molecule has 1 atom stereocenters. The first-order valence-electron chi connectivity index (χ1n) is 9.36. The lowest BCUT2D eigenvalue weighted by atomic mass is 10.2. The molecule has 7 nitrogen and oxygen atoms in total. The van der Waals surface area contributed by atoms with Gasteiger partial charge in [-0.3, -0.25) is 9.59 Å². The molecule has 0 aliphatic carbocycles. The average Bonchev–Trinajstić information content (AvgIpc) is 3.34. The van der Waals surface area contributed by atoms with E-state index >= 15 is 0 Å². The van der Waals surface area contributed by atoms with Crippen molar-refractivity contribution >= 4 is 33.9 Å². The number of ether oxygens (including phenoxy) is 1. The van der Waals surface area contributed by atoms with Crippen LogP contribution in [0.4, 0.5) is 0 Å². The zero-order chi connectivity index (χ0) is 20.2. The van der Waals surface area contributed by atoms with Crippen molar-refractivity contribution in [1.82, 2.24) is 10.3 Å². The number of carbonyl (C=O) groups is 2. The van der Waals surface area contributed by atoms with Gasteiger partial charge in [-0.25, -0.2) is 4.98 Å². The normalized spacial score (nSPS) is 12.2. The van der Waals surface area contributed by atoms with Crippen LogP contribution in [0.2, 0.25) is 0 Å². The van der Waals surface area contributed by atoms with Gasteiger partial charge < -0.3 is 18.9 Å². The molecule has 0 aliphatic rings. The molecule has 0 fully saturated rings. The van der Waals surface area contributed by atoms with Gasteiger partial charge in [0, 0.05) is 11.8 Å². The number of rotatable bonds is 7. The molecule has 1 N–H and O–H groups in total. The van der Waals surface area contributed by atoms with Crippen molar-refractivity contribution in [3.05, 3.63) is 66.2 Å². The maximum absolute atomic E-state index is 12.1. The third-order valence-corrected chi connectivity index (χ3v) is 4.49. The van der Waals surface area contributed by atoms with Crippen LogP contribution in [0.3, 0.4) is 0 Å². The summed E-state index contributed by atoms with van der Waals surface area (Å²) in [5.74, 6) is 0.222. The number of aryl methyl sites for hydroxylation is 1. The lowest BCUT2D eigenvalue weighted by molar-refractivity contribution is -0.148. The van der Waals surface area contributed by atoms with Crippen LogP contribution in [0, 0.1) is 0 Å². The highest BCUT2D eigenvalue weighted by molar-refractivity contribution is 5.81. The van der Waals surface area contributed by atoms with Gasteiger partial charge in [-0.1, -0.05) is 30.3 Å². The maximum atomic E-state index is 12.1. The summed E-state index contributed by atoms with van der Waals surface area (Å²) in [5.41, 5.74) is 2.18. The van der Waals surface area contributed by atoms with Crippen molar-refractivity contribution < 1.29 is 23.2 Å². The average molecular weight is 392 g/mol. The monoisotopic (exact) mass is 392 g/mol. The highest BCUT2D eigenvalue weighted by Gasteiger charge is 2.16. The van der Waals surface area contributed by atoms with Crippen molar-refractivity contribution in [1.29, 1.82) is 0 Å². The standard InChI is InChI=1S/C22H20N2O5/c1-14(19-12-15-6-2-4-8-17(15)28-19)23-20(25)13-27-22(26)11-10-21-24-16-7-3-5-9-18(16)29-21/h2-9,12,14H,10-11,13H2,1H3,(H,23,25)/t14-/m0/s1. The number of hydrogen-bond donors (Lipinski definition) is 1. The summed E-state index contributed by atoms with van der Waals surface area (Å²) in [6.45, 7) is 1.46.